The van der Waals surface area contributed by atoms with Gasteiger partial charge in [0.05, 0.1) is 18.2 Å². The maximum atomic E-state index is 13.3. The number of alkyl halides is 3. The molecule has 1 atom stereocenters. The Hall–Kier alpha value is -3.62. The second kappa shape index (κ2) is 9.44. The van der Waals surface area contributed by atoms with Gasteiger partial charge in [-0.15, -0.1) is 0 Å². The number of halogens is 3. The largest absolute Gasteiger partial charge is 0.491 e. The molecule has 0 fully saturated rings. The maximum Gasteiger partial charge on any atom is 0.392 e. The van der Waals surface area contributed by atoms with Crippen molar-refractivity contribution in [3.63, 3.8) is 0 Å². The molecule has 5 rings (SSSR count). The number of ether oxygens (including phenoxy) is 1. The molecule has 36 heavy (non-hydrogen) atoms. The van der Waals surface area contributed by atoms with Crippen LogP contribution >= 0.6 is 0 Å². The van der Waals surface area contributed by atoms with Crippen LogP contribution in [0.3, 0.4) is 0 Å². The van der Waals surface area contributed by atoms with Crippen molar-refractivity contribution in [2.45, 2.75) is 45.8 Å². The lowest BCUT2D eigenvalue weighted by atomic mass is 9.86. The SMILES string of the molecule is C=C/C(=C\c1nc(C)[nH]c1C)c1ccc2c(c1)CN(c1ncnc3c1CCC(C(F)(F)F)C3)CCO2. The number of H-pyrrole nitrogens is 1. The van der Waals surface area contributed by atoms with Crippen molar-refractivity contribution in [1.82, 2.24) is 19.9 Å². The molecule has 0 amide bonds. The van der Waals surface area contributed by atoms with Crippen LogP contribution in [-0.4, -0.2) is 39.3 Å². The summed E-state index contributed by atoms with van der Waals surface area (Å²) in [5.74, 6) is 0.985. The van der Waals surface area contributed by atoms with E-state index in [9.17, 15) is 13.2 Å². The van der Waals surface area contributed by atoms with Crippen LogP contribution in [0.25, 0.3) is 11.6 Å². The van der Waals surface area contributed by atoms with Gasteiger partial charge in [-0.05, 0) is 56.0 Å². The van der Waals surface area contributed by atoms with Crippen molar-refractivity contribution in [2.75, 3.05) is 18.1 Å². The van der Waals surface area contributed by atoms with Crippen molar-refractivity contribution in [1.29, 1.82) is 0 Å². The molecule has 1 aliphatic heterocycles. The van der Waals surface area contributed by atoms with Gasteiger partial charge in [0.1, 0.15) is 30.3 Å². The number of hydrogen-bond acceptors (Lipinski definition) is 5. The molecule has 1 N–H and O–H groups in total. The lowest BCUT2D eigenvalue weighted by molar-refractivity contribution is -0.177. The number of benzene rings is 1. The molecule has 0 bridgehead atoms. The molecule has 1 aliphatic carbocycles. The Morgan fingerprint density at radius 2 is 2.08 bits per heavy atom. The number of rotatable bonds is 4. The van der Waals surface area contributed by atoms with E-state index in [4.69, 9.17) is 4.74 Å². The number of allylic oxidation sites excluding steroid dienone is 2. The summed E-state index contributed by atoms with van der Waals surface area (Å²) in [6.45, 7) is 9.44. The Bertz CT molecular complexity index is 1330. The number of hydrogen-bond donors (Lipinski definition) is 1. The van der Waals surface area contributed by atoms with Gasteiger partial charge in [0, 0.05) is 35.5 Å². The minimum atomic E-state index is -4.21. The first kappa shape index (κ1) is 24.1. The van der Waals surface area contributed by atoms with Crippen LogP contribution in [0.4, 0.5) is 19.0 Å². The van der Waals surface area contributed by atoms with E-state index in [0.717, 1.165) is 45.2 Å². The fourth-order valence-corrected chi connectivity index (χ4v) is 5.01. The molecular weight excluding hydrogens is 467 g/mol. The molecule has 9 heteroatoms. The third-order valence-corrected chi connectivity index (χ3v) is 6.88. The van der Waals surface area contributed by atoms with E-state index >= 15 is 0 Å². The number of fused-ring (bicyclic) bond motifs is 2. The average Bonchev–Trinajstić information content (AvgIpc) is 3.03. The van der Waals surface area contributed by atoms with E-state index in [1.165, 1.54) is 6.33 Å². The van der Waals surface area contributed by atoms with E-state index < -0.39 is 12.1 Å². The van der Waals surface area contributed by atoms with Crippen LogP contribution in [0.5, 0.6) is 5.75 Å². The van der Waals surface area contributed by atoms with E-state index in [1.807, 2.05) is 32.1 Å². The van der Waals surface area contributed by atoms with Gasteiger partial charge in [0.15, 0.2) is 0 Å². The predicted octanol–water partition coefficient (Wildman–Crippen LogP) is 5.61. The Kier molecular flexibility index (Phi) is 6.32. The van der Waals surface area contributed by atoms with Crippen molar-refractivity contribution in [2.24, 2.45) is 5.92 Å². The summed E-state index contributed by atoms with van der Waals surface area (Å²) in [6.07, 6.45) is 1.24. The molecule has 0 saturated carbocycles. The molecule has 1 unspecified atom stereocenters. The molecule has 0 saturated heterocycles. The number of aromatic amines is 1. The molecule has 2 aliphatic rings. The van der Waals surface area contributed by atoms with Crippen LogP contribution in [0.1, 0.15) is 46.0 Å². The summed E-state index contributed by atoms with van der Waals surface area (Å²) in [6, 6.07) is 6.03. The molecule has 2 aromatic heterocycles. The average molecular weight is 496 g/mol. The highest BCUT2D eigenvalue weighted by atomic mass is 19.4. The molecular formula is C27H28F3N5O. The Balaban J connectivity index is 1.45. The third kappa shape index (κ3) is 4.74. The summed E-state index contributed by atoms with van der Waals surface area (Å²) < 4.78 is 46.0. The highest BCUT2D eigenvalue weighted by molar-refractivity contribution is 5.87. The normalized spacial score (nSPS) is 18.2. The van der Waals surface area contributed by atoms with E-state index in [0.29, 0.717) is 37.6 Å². The van der Waals surface area contributed by atoms with Crippen molar-refractivity contribution in [3.8, 4) is 5.75 Å². The monoisotopic (exact) mass is 495 g/mol. The van der Waals surface area contributed by atoms with Crippen molar-refractivity contribution in [3.05, 3.63) is 76.8 Å². The lowest BCUT2D eigenvalue weighted by Crippen LogP contribution is -2.32. The van der Waals surface area contributed by atoms with Gasteiger partial charge in [0.2, 0.25) is 0 Å². The first-order valence-corrected chi connectivity index (χ1v) is 12.0. The van der Waals surface area contributed by atoms with Crippen molar-refractivity contribution >= 4 is 17.5 Å². The Morgan fingerprint density at radius 1 is 1.25 bits per heavy atom. The Labute approximate surface area is 208 Å². The number of aromatic nitrogens is 4. The first-order valence-electron chi connectivity index (χ1n) is 12.0. The second-order valence-electron chi connectivity index (χ2n) is 9.33. The minimum Gasteiger partial charge on any atom is -0.491 e. The summed E-state index contributed by atoms with van der Waals surface area (Å²) in [7, 11) is 0. The third-order valence-electron chi connectivity index (χ3n) is 6.88. The summed E-state index contributed by atoms with van der Waals surface area (Å²) >= 11 is 0. The lowest BCUT2D eigenvalue weighted by Gasteiger charge is -2.30. The zero-order valence-corrected chi connectivity index (χ0v) is 20.3. The van der Waals surface area contributed by atoms with E-state index in [-0.39, 0.29) is 12.8 Å². The summed E-state index contributed by atoms with van der Waals surface area (Å²) in [4.78, 5) is 18.5. The topological polar surface area (TPSA) is 66.9 Å². The molecule has 6 nitrogen and oxygen atoms in total. The highest BCUT2D eigenvalue weighted by Gasteiger charge is 2.42. The second-order valence-corrected chi connectivity index (χ2v) is 9.33. The van der Waals surface area contributed by atoms with Gasteiger partial charge in [-0.2, -0.15) is 13.2 Å². The van der Waals surface area contributed by atoms with Gasteiger partial charge >= 0.3 is 6.18 Å². The molecule has 3 heterocycles. The summed E-state index contributed by atoms with van der Waals surface area (Å²) in [5, 5.41) is 0. The van der Waals surface area contributed by atoms with Crippen LogP contribution in [0.2, 0.25) is 0 Å². The number of aryl methyl sites for hydroxylation is 2. The highest BCUT2D eigenvalue weighted by Crippen LogP contribution is 2.39. The van der Waals surface area contributed by atoms with Crippen LogP contribution in [0, 0.1) is 19.8 Å². The number of nitrogens with one attached hydrogen (secondary N) is 1. The van der Waals surface area contributed by atoms with Gasteiger partial charge < -0.3 is 14.6 Å². The number of anilines is 1. The van der Waals surface area contributed by atoms with Crippen LogP contribution < -0.4 is 9.64 Å². The fourth-order valence-electron chi connectivity index (χ4n) is 5.01. The number of imidazole rings is 1. The quantitative estimate of drug-likeness (QED) is 0.477. The zero-order valence-electron chi connectivity index (χ0n) is 20.3. The minimum absolute atomic E-state index is 0.0571. The Morgan fingerprint density at radius 3 is 2.81 bits per heavy atom. The molecule has 0 spiro atoms. The molecule has 0 radical (unpaired) electrons. The predicted molar refractivity (Wildman–Crippen MR) is 133 cm³/mol. The van der Waals surface area contributed by atoms with E-state index in [2.05, 4.69) is 37.5 Å². The molecule has 1 aromatic carbocycles. The standard InChI is InChI=1S/C27H28F3N5O/c1-4-18(12-23-16(2)33-17(3)34-23)19-5-8-25-20(11-19)14-35(9-10-36-25)26-22-7-6-21(27(28,29)30)13-24(22)31-15-32-26/h4-5,8,11-12,15,21H,1,6-7,9-10,13-14H2,2-3H3,(H,33,34)/b18-12+. The van der Waals surface area contributed by atoms with Gasteiger partial charge in [-0.25, -0.2) is 15.0 Å². The van der Waals surface area contributed by atoms with Gasteiger partial charge in [-0.3, -0.25) is 0 Å². The van der Waals surface area contributed by atoms with Crippen LogP contribution in [-0.2, 0) is 19.4 Å². The summed E-state index contributed by atoms with van der Waals surface area (Å²) in [5.41, 5.74) is 6.04. The van der Waals surface area contributed by atoms with Gasteiger partial charge in [0.25, 0.3) is 0 Å². The van der Waals surface area contributed by atoms with Gasteiger partial charge in [-0.1, -0.05) is 18.7 Å². The van der Waals surface area contributed by atoms with Crippen LogP contribution in [0.15, 0.2) is 37.2 Å². The first-order chi connectivity index (χ1) is 17.2. The fraction of sp³-hybridized carbons (Fsp3) is 0.370. The molecule has 188 valence electrons. The van der Waals surface area contributed by atoms with Crippen molar-refractivity contribution < 1.29 is 17.9 Å². The molecule has 3 aromatic rings. The zero-order chi connectivity index (χ0) is 25.4. The van der Waals surface area contributed by atoms with E-state index in [1.54, 1.807) is 6.08 Å². The smallest absolute Gasteiger partial charge is 0.392 e. The maximum absolute atomic E-state index is 13.3. The number of nitrogens with zero attached hydrogens (tertiary/aromatic N) is 4.